The lowest BCUT2D eigenvalue weighted by atomic mass is 9.98. The number of fused-ring (bicyclic) bond motifs is 1. The van der Waals surface area contributed by atoms with Crippen LogP contribution >= 0.6 is 0 Å². The number of rotatable bonds is 1. The third-order valence-electron chi connectivity index (χ3n) is 2.98. The molecule has 2 aromatic carbocycles. The summed E-state index contributed by atoms with van der Waals surface area (Å²) in [5.74, 6) is -0.718. The van der Waals surface area contributed by atoms with Crippen molar-refractivity contribution in [1.29, 1.82) is 0 Å². The smallest absolute Gasteiger partial charge is 0.347 e. The minimum absolute atomic E-state index is 0.0469. The molecule has 0 saturated carbocycles. The Morgan fingerprint density at radius 1 is 1.00 bits per heavy atom. The summed E-state index contributed by atoms with van der Waals surface area (Å²) in [6, 6.07) is 12.9. The molecule has 20 heavy (non-hydrogen) atoms. The summed E-state index contributed by atoms with van der Waals surface area (Å²) in [7, 11) is 0. The summed E-state index contributed by atoms with van der Waals surface area (Å²) in [6.07, 6.45) is 1.42. The second-order valence-electron chi connectivity index (χ2n) is 4.37. The molecular formula is C16H10O4. The fourth-order valence-corrected chi connectivity index (χ4v) is 2.04. The standard InChI is InChI=1S/C16H10O4/c17-11-5-3-4-10(8-11)9-13-15(18)12-6-1-2-7-14(12)20-16(13)19/h1-9,17H/b13-9-. The number of benzene rings is 2. The monoisotopic (exact) mass is 266 g/mol. The number of ketones is 1. The van der Waals surface area contributed by atoms with Crippen molar-refractivity contribution in [2.75, 3.05) is 0 Å². The lowest BCUT2D eigenvalue weighted by molar-refractivity contribution is -0.130. The SMILES string of the molecule is O=C1Oc2ccccc2C(=O)/C1=C/c1cccc(O)c1. The first-order chi connectivity index (χ1) is 9.65. The summed E-state index contributed by atoms with van der Waals surface area (Å²) in [6.45, 7) is 0. The maximum absolute atomic E-state index is 12.3. The highest BCUT2D eigenvalue weighted by molar-refractivity contribution is 6.30. The van der Waals surface area contributed by atoms with Gasteiger partial charge in [-0.15, -0.1) is 0 Å². The van der Waals surface area contributed by atoms with Crippen LogP contribution in [0.5, 0.6) is 11.5 Å². The minimum atomic E-state index is -0.683. The van der Waals surface area contributed by atoms with Crippen LogP contribution in [0, 0.1) is 0 Å². The predicted molar refractivity (Wildman–Crippen MR) is 72.5 cm³/mol. The molecule has 0 fully saturated rings. The second kappa shape index (κ2) is 4.66. The van der Waals surface area contributed by atoms with Gasteiger partial charge < -0.3 is 9.84 Å². The molecule has 0 amide bonds. The number of esters is 1. The van der Waals surface area contributed by atoms with E-state index in [1.807, 2.05) is 0 Å². The maximum atomic E-state index is 12.3. The minimum Gasteiger partial charge on any atom is -0.508 e. The van der Waals surface area contributed by atoms with Gasteiger partial charge in [0.1, 0.15) is 17.1 Å². The van der Waals surface area contributed by atoms with Crippen molar-refractivity contribution in [2.45, 2.75) is 0 Å². The Bertz CT molecular complexity index is 744. The van der Waals surface area contributed by atoms with Crippen LogP contribution in [0.2, 0.25) is 0 Å². The number of hydrogen-bond acceptors (Lipinski definition) is 4. The molecular weight excluding hydrogens is 256 g/mol. The molecule has 0 spiro atoms. The molecule has 3 rings (SSSR count). The third kappa shape index (κ3) is 2.07. The predicted octanol–water partition coefficient (Wildman–Crippen LogP) is 2.58. The van der Waals surface area contributed by atoms with Crippen LogP contribution in [0.4, 0.5) is 0 Å². The Morgan fingerprint density at radius 3 is 2.60 bits per heavy atom. The van der Waals surface area contributed by atoms with E-state index in [2.05, 4.69) is 0 Å². The average Bonchev–Trinajstić information content (AvgIpc) is 2.43. The van der Waals surface area contributed by atoms with Crippen molar-refractivity contribution < 1.29 is 19.4 Å². The lowest BCUT2D eigenvalue weighted by Gasteiger charge is -2.16. The number of Topliss-reactive ketones (excluding diaryl/α,β-unsaturated/α-hetero) is 1. The molecule has 0 aromatic heterocycles. The van der Waals surface area contributed by atoms with Crippen LogP contribution in [0.25, 0.3) is 6.08 Å². The van der Waals surface area contributed by atoms with Gasteiger partial charge in [0.05, 0.1) is 5.56 Å². The van der Waals surface area contributed by atoms with Crippen LogP contribution in [0.3, 0.4) is 0 Å². The fourth-order valence-electron chi connectivity index (χ4n) is 2.04. The topological polar surface area (TPSA) is 63.6 Å². The Kier molecular flexibility index (Phi) is 2.84. The van der Waals surface area contributed by atoms with Crippen molar-refractivity contribution in [3.05, 3.63) is 65.2 Å². The number of hydrogen-bond donors (Lipinski definition) is 1. The summed E-state index contributed by atoms with van der Waals surface area (Å²) in [4.78, 5) is 24.2. The van der Waals surface area contributed by atoms with Gasteiger partial charge in [0.25, 0.3) is 0 Å². The average molecular weight is 266 g/mol. The van der Waals surface area contributed by atoms with Gasteiger partial charge >= 0.3 is 5.97 Å². The van der Waals surface area contributed by atoms with Gasteiger partial charge in [0.2, 0.25) is 5.78 Å². The zero-order chi connectivity index (χ0) is 14.1. The van der Waals surface area contributed by atoms with E-state index in [1.165, 1.54) is 18.2 Å². The molecule has 0 aliphatic carbocycles. The van der Waals surface area contributed by atoms with Gasteiger partial charge in [-0.2, -0.15) is 0 Å². The number of carbonyl (C=O) groups is 2. The van der Waals surface area contributed by atoms with Gasteiger partial charge in [-0.1, -0.05) is 24.3 Å². The van der Waals surface area contributed by atoms with E-state index in [1.54, 1.807) is 36.4 Å². The summed E-state index contributed by atoms with van der Waals surface area (Å²) >= 11 is 0. The first-order valence-electron chi connectivity index (χ1n) is 6.02. The lowest BCUT2D eigenvalue weighted by Crippen LogP contribution is -2.24. The normalized spacial score (nSPS) is 15.9. The molecule has 1 N–H and O–H groups in total. The first kappa shape index (κ1) is 12.2. The molecule has 0 saturated heterocycles. The summed E-state index contributed by atoms with van der Waals surface area (Å²) in [5.41, 5.74) is 0.873. The highest BCUT2D eigenvalue weighted by Crippen LogP contribution is 2.28. The molecule has 0 unspecified atom stereocenters. The van der Waals surface area contributed by atoms with Crippen molar-refractivity contribution in [3.63, 3.8) is 0 Å². The summed E-state index contributed by atoms with van der Waals surface area (Å²) < 4.78 is 5.13. The molecule has 0 radical (unpaired) electrons. The molecule has 1 aliphatic heterocycles. The zero-order valence-corrected chi connectivity index (χ0v) is 10.4. The van der Waals surface area contributed by atoms with E-state index in [9.17, 15) is 14.7 Å². The van der Waals surface area contributed by atoms with E-state index < -0.39 is 5.97 Å². The number of aromatic hydroxyl groups is 1. The number of phenols is 1. The zero-order valence-electron chi connectivity index (χ0n) is 10.4. The Labute approximate surface area is 114 Å². The molecule has 1 heterocycles. The number of ether oxygens (including phenoxy) is 1. The van der Waals surface area contributed by atoms with Crippen LogP contribution in [-0.2, 0) is 4.79 Å². The van der Waals surface area contributed by atoms with Crippen molar-refractivity contribution in [3.8, 4) is 11.5 Å². The fraction of sp³-hybridized carbons (Fsp3) is 0. The molecule has 4 heteroatoms. The molecule has 4 nitrogen and oxygen atoms in total. The largest absolute Gasteiger partial charge is 0.508 e. The number of phenolic OH excluding ortho intramolecular Hbond substituents is 1. The number of para-hydroxylation sites is 1. The van der Waals surface area contributed by atoms with E-state index in [0.29, 0.717) is 11.1 Å². The van der Waals surface area contributed by atoms with Crippen LogP contribution in [0.15, 0.2) is 54.1 Å². The van der Waals surface area contributed by atoms with Gasteiger partial charge in [0.15, 0.2) is 0 Å². The van der Waals surface area contributed by atoms with E-state index >= 15 is 0 Å². The first-order valence-corrected chi connectivity index (χ1v) is 6.02. The molecule has 2 aromatic rings. The van der Waals surface area contributed by atoms with E-state index in [0.717, 1.165) is 0 Å². The van der Waals surface area contributed by atoms with Crippen LogP contribution < -0.4 is 4.74 Å². The van der Waals surface area contributed by atoms with E-state index in [-0.39, 0.29) is 22.9 Å². The molecule has 0 bridgehead atoms. The molecule has 0 atom stereocenters. The Morgan fingerprint density at radius 2 is 1.80 bits per heavy atom. The highest BCUT2D eigenvalue weighted by atomic mass is 16.5. The van der Waals surface area contributed by atoms with Gasteiger partial charge in [-0.05, 0) is 35.9 Å². The van der Waals surface area contributed by atoms with Gasteiger partial charge in [-0.3, -0.25) is 4.79 Å². The molecule has 98 valence electrons. The van der Waals surface area contributed by atoms with Crippen molar-refractivity contribution in [2.24, 2.45) is 0 Å². The van der Waals surface area contributed by atoms with Crippen molar-refractivity contribution in [1.82, 2.24) is 0 Å². The Balaban J connectivity index is 2.07. The van der Waals surface area contributed by atoms with Crippen molar-refractivity contribution >= 4 is 17.8 Å². The second-order valence-corrected chi connectivity index (χ2v) is 4.37. The van der Waals surface area contributed by atoms with Crippen LogP contribution in [0.1, 0.15) is 15.9 Å². The third-order valence-corrected chi connectivity index (χ3v) is 2.98. The molecule has 1 aliphatic rings. The van der Waals surface area contributed by atoms with Gasteiger partial charge in [0, 0.05) is 0 Å². The van der Waals surface area contributed by atoms with E-state index in [4.69, 9.17) is 4.74 Å². The number of carbonyl (C=O) groups excluding carboxylic acids is 2. The Hall–Kier alpha value is -2.88. The van der Waals surface area contributed by atoms with Gasteiger partial charge in [-0.25, -0.2) is 4.79 Å². The highest BCUT2D eigenvalue weighted by Gasteiger charge is 2.30. The quantitative estimate of drug-likeness (QED) is 0.373. The maximum Gasteiger partial charge on any atom is 0.347 e. The summed E-state index contributed by atoms with van der Waals surface area (Å²) in [5, 5.41) is 9.40. The van der Waals surface area contributed by atoms with Crippen LogP contribution in [-0.4, -0.2) is 16.9 Å².